The fourth-order valence-corrected chi connectivity index (χ4v) is 5.52. The second kappa shape index (κ2) is 10.4. The Morgan fingerprint density at radius 3 is 2.44 bits per heavy atom. The number of fused-ring (bicyclic) bond motifs is 1. The molecule has 0 radical (unpaired) electrons. The zero-order valence-electron chi connectivity index (χ0n) is 19.0. The van der Waals surface area contributed by atoms with Crippen LogP contribution >= 0.6 is 0 Å². The van der Waals surface area contributed by atoms with E-state index in [4.69, 9.17) is 9.15 Å². The molecule has 0 N–H and O–H groups in total. The molecule has 0 atom stereocenters. The Bertz CT molecular complexity index is 1360. The van der Waals surface area contributed by atoms with Crippen LogP contribution in [-0.2, 0) is 26.2 Å². The SMILES string of the molecule is Cc1ccc2c(COC(=O)C=Cc3ccc(S(=O)(=O)N4CCCCCC4)cc3)cc(=O)oc2c1. The number of carbonyl (C=O) groups excluding carboxylic acids is 1. The molecule has 1 aliphatic heterocycles. The Morgan fingerprint density at radius 2 is 1.74 bits per heavy atom. The average molecular weight is 482 g/mol. The quantitative estimate of drug-likeness (QED) is 0.294. The maximum absolute atomic E-state index is 12.9. The van der Waals surface area contributed by atoms with Gasteiger partial charge in [0.15, 0.2) is 0 Å². The van der Waals surface area contributed by atoms with Crippen LogP contribution < -0.4 is 5.63 Å². The van der Waals surface area contributed by atoms with Gasteiger partial charge in [-0.1, -0.05) is 37.1 Å². The van der Waals surface area contributed by atoms with Crippen molar-refractivity contribution in [2.24, 2.45) is 0 Å². The number of ether oxygens (including phenoxy) is 1. The molecule has 0 bridgehead atoms. The second-order valence-electron chi connectivity index (χ2n) is 8.42. The Labute approximate surface area is 198 Å². The molecule has 2 heterocycles. The molecule has 34 heavy (non-hydrogen) atoms. The molecule has 1 fully saturated rings. The van der Waals surface area contributed by atoms with Crippen molar-refractivity contribution in [3.8, 4) is 0 Å². The van der Waals surface area contributed by atoms with Gasteiger partial charge in [0.25, 0.3) is 0 Å². The Balaban J connectivity index is 1.40. The van der Waals surface area contributed by atoms with Crippen molar-refractivity contribution in [1.29, 1.82) is 0 Å². The first-order valence-electron chi connectivity index (χ1n) is 11.3. The fraction of sp³-hybridized carbons (Fsp3) is 0.308. The summed E-state index contributed by atoms with van der Waals surface area (Å²) < 4.78 is 37.8. The van der Waals surface area contributed by atoms with Crippen LogP contribution in [0.4, 0.5) is 0 Å². The maximum Gasteiger partial charge on any atom is 0.336 e. The molecule has 1 saturated heterocycles. The standard InChI is InChI=1S/C26H27NO6S/c1-19-6-12-23-21(17-26(29)33-24(23)16-19)18-32-25(28)13-9-20-7-10-22(11-8-20)34(30,31)27-14-4-2-3-5-15-27/h6-13,16-17H,2-5,14-15,18H2,1H3. The summed E-state index contributed by atoms with van der Waals surface area (Å²) in [7, 11) is -3.51. The molecule has 2 aromatic carbocycles. The number of nitrogens with zero attached hydrogens (tertiary/aromatic N) is 1. The molecule has 1 aromatic heterocycles. The first kappa shape index (κ1) is 23.9. The summed E-state index contributed by atoms with van der Waals surface area (Å²) >= 11 is 0. The summed E-state index contributed by atoms with van der Waals surface area (Å²) in [5.41, 5.74) is 2.14. The van der Waals surface area contributed by atoms with Gasteiger partial charge in [-0.2, -0.15) is 4.31 Å². The van der Waals surface area contributed by atoms with Crippen molar-refractivity contribution in [3.63, 3.8) is 0 Å². The van der Waals surface area contributed by atoms with Crippen LogP contribution in [0, 0.1) is 6.92 Å². The molecule has 4 rings (SSSR count). The lowest BCUT2D eigenvalue weighted by Crippen LogP contribution is -2.31. The van der Waals surface area contributed by atoms with Gasteiger partial charge in [-0.05, 0) is 55.2 Å². The molecule has 0 aliphatic carbocycles. The first-order chi connectivity index (χ1) is 16.3. The van der Waals surface area contributed by atoms with E-state index >= 15 is 0 Å². The van der Waals surface area contributed by atoms with Crippen molar-refractivity contribution in [1.82, 2.24) is 4.31 Å². The lowest BCUT2D eigenvalue weighted by molar-refractivity contribution is -0.138. The number of hydrogen-bond acceptors (Lipinski definition) is 6. The highest BCUT2D eigenvalue weighted by Gasteiger charge is 2.24. The molecule has 0 unspecified atom stereocenters. The van der Waals surface area contributed by atoms with Gasteiger partial charge in [-0.25, -0.2) is 18.0 Å². The largest absolute Gasteiger partial charge is 0.458 e. The number of benzene rings is 2. The van der Waals surface area contributed by atoms with Gasteiger partial charge in [-0.3, -0.25) is 0 Å². The van der Waals surface area contributed by atoms with Crippen LogP contribution in [0.3, 0.4) is 0 Å². The van der Waals surface area contributed by atoms with Crippen LogP contribution in [0.15, 0.2) is 68.7 Å². The number of rotatable bonds is 6. The predicted molar refractivity (Wildman–Crippen MR) is 130 cm³/mol. The van der Waals surface area contributed by atoms with E-state index in [0.29, 0.717) is 35.2 Å². The summed E-state index contributed by atoms with van der Waals surface area (Å²) in [4.78, 5) is 24.3. The van der Waals surface area contributed by atoms with Crippen molar-refractivity contribution in [2.45, 2.75) is 44.1 Å². The summed E-state index contributed by atoms with van der Waals surface area (Å²) in [5, 5.41) is 0.711. The number of sulfonamides is 1. The summed E-state index contributed by atoms with van der Waals surface area (Å²) in [5.74, 6) is -0.574. The monoisotopic (exact) mass is 481 g/mol. The molecule has 178 valence electrons. The molecule has 3 aromatic rings. The smallest absolute Gasteiger partial charge is 0.336 e. The first-order valence-corrected chi connectivity index (χ1v) is 12.8. The third-order valence-corrected chi connectivity index (χ3v) is 7.76. The van der Waals surface area contributed by atoms with Crippen molar-refractivity contribution in [2.75, 3.05) is 13.1 Å². The third kappa shape index (κ3) is 5.63. The van der Waals surface area contributed by atoms with E-state index in [9.17, 15) is 18.0 Å². The topological polar surface area (TPSA) is 93.9 Å². The van der Waals surface area contributed by atoms with Crippen LogP contribution in [0.2, 0.25) is 0 Å². The van der Waals surface area contributed by atoms with Crippen molar-refractivity contribution >= 4 is 33.0 Å². The molecule has 8 heteroatoms. The molecule has 1 aliphatic rings. The molecular formula is C26H27NO6S. The Hall–Kier alpha value is -3.23. The van der Waals surface area contributed by atoms with Crippen LogP contribution in [0.25, 0.3) is 17.0 Å². The van der Waals surface area contributed by atoms with Gasteiger partial charge in [0.05, 0.1) is 4.90 Å². The maximum atomic E-state index is 12.9. The number of aryl methyl sites for hydroxylation is 1. The zero-order valence-corrected chi connectivity index (χ0v) is 19.8. The number of hydrogen-bond donors (Lipinski definition) is 0. The zero-order chi connectivity index (χ0) is 24.1. The fourth-order valence-electron chi connectivity index (χ4n) is 4.00. The van der Waals surface area contributed by atoms with Gasteiger partial charge in [0.2, 0.25) is 10.0 Å². The highest BCUT2D eigenvalue weighted by atomic mass is 32.2. The van der Waals surface area contributed by atoms with Gasteiger partial charge in [0, 0.05) is 36.2 Å². The van der Waals surface area contributed by atoms with Crippen LogP contribution in [-0.4, -0.2) is 31.8 Å². The molecule has 0 saturated carbocycles. The third-order valence-electron chi connectivity index (χ3n) is 5.85. The Morgan fingerprint density at radius 1 is 1.03 bits per heavy atom. The summed E-state index contributed by atoms with van der Waals surface area (Å²) in [6, 6.07) is 13.2. The van der Waals surface area contributed by atoms with Gasteiger partial charge >= 0.3 is 11.6 Å². The molecular weight excluding hydrogens is 454 g/mol. The van der Waals surface area contributed by atoms with E-state index in [1.54, 1.807) is 40.7 Å². The molecule has 7 nitrogen and oxygen atoms in total. The van der Waals surface area contributed by atoms with Crippen molar-refractivity contribution in [3.05, 3.63) is 81.7 Å². The lowest BCUT2D eigenvalue weighted by atomic mass is 10.1. The summed E-state index contributed by atoms with van der Waals surface area (Å²) in [6.45, 7) is 2.93. The second-order valence-corrected chi connectivity index (χ2v) is 10.4. The normalized spacial score (nSPS) is 15.4. The van der Waals surface area contributed by atoms with Gasteiger partial charge in [0.1, 0.15) is 12.2 Å². The highest BCUT2D eigenvalue weighted by molar-refractivity contribution is 7.89. The van der Waals surface area contributed by atoms with E-state index in [0.717, 1.165) is 31.2 Å². The van der Waals surface area contributed by atoms with Crippen LogP contribution in [0.5, 0.6) is 0 Å². The van der Waals surface area contributed by atoms with Crippen molar-refractivity contribution < 1.29 is 22.4 Å². The molecule has 0 amide bonds. The highest BCUT2D eigenvalue weighted by Crippen LogP contribution is 2.22. The van der Waals surface area contributed by atoms with E-state index in [1.807, 2.05) is 19.1 Å². The van der Waals surface area contributed by atoms with Gasteiger partial charge < -0.3 is 9.15 Å². The average Bonchev–Trinajstić information content (AvgIpc) is 3.11. The minimum absolute atomic E-state index is 0.0681. The summed E-state index contributed by atoms with van der Waals surface area (Å²) in [6.07, 6.45) is 6.71. The molecule has 0 spiro atoms. The van der Waals surface area contributed by atoms with Gasteiger partial charge in [-0.15, -0.1) is 0 Å². The minimum atomic E-state index is -3.51. The van der Waals surface area contributed by atoms with E-state index in [-0.39, 0.29) is 11.5 Å². The van der Waals surface area contributed by atoms with Crippen LogP contribution in [0.1, 0.15) is 42.4 Å². The van der Waals surface area contributed by atoms with E-state index in [2.05, 4.69) is 0 Å². The number of esters is 1. The number of carbonyl (C=O) groups is 1. The van der Waals surface area contributed by atoms with E-state index < -0.39 is 21.6 Å². The predicted octanol–water partition coefficient (Wildman–Crippen LogP) is 4.42. The van der Waals surface area contributed by atoms with E-state index in [1.165, 1.54) is 12.1 Å². The Kier molecular flexibility index (Phi) is 7.29. The minimum Gasteiger partial charge on any atom is -0.458 e. The lowest BCUT2D eigenvalue weighted by Gasteiger charge is -2.19.